The summed E-state index contributed by atoms with van der Waals surface area (Å²) in [6.45, 7) is 0.537. The van der Waals surface area contributed by atoms with Gasteiger partial charge in [-0.1, -0.05) is 31.4 Å². The molecule has 0 saturated heterocycles. The van der Waals surface area contributed by atoms with Crippen LogP contribution in [0.2, 0.25) is 0 Å². The number of nitrogens with two attached hydrogens (primary N) is 1. The van der Waals surface area contributed by atoms with Gasteiger partial charge in [0.1, 0.15) is 11.5 Å². The summed E-state index contributed by atoms with van der Waals surface area (Å²) < 4.78 is 0. The molecule has 1 aliphatic carbocycles. The predicted octanol–water partition coefficient (Wildman–Crippen LogP) is 3.41. The summed E-state index contributed by atoms with van der Waals surface area (Å²) in [5.41, 5.74) is 6.86. The molecule has 20 heavy (non-hydrogen) atoms. The molecule has 0 heterocycles. The van der Waals surface area contributed by atoms with Gasteiger partial charge in [0.05, 0.1) is 0 Å². The van der Waals surface area contributed by atoms with Crippen molar-refractivity contribution in [2.75, 3.05) is 6.54 Å². The first kappa shape index (κ1) is 13.3. The van der Waals surface area contributed by atoms with Crippen molar-refractivity contribution in [1.29, 1.82) is 0 Å². The predicted molar refractivity (Wildman–Crippen MR) is 81.1 cm³/mol. The summed E-state index contributed by atoms with van der Waals surface area (Å²) in [6.07, 6.45) is 5.54. The molecule has 0 unspecified atom stereocenters. The van der Waals surface area contributed by atoms with E-state index in [1.54, 1.807) is 18.2 Å². The van der Waals surface area contributed by atoms with Crippen LogP contribution in [0, 0.1) is 0 Å². The molecule has 2 aromatic carbocycles. The number of phenolic OH excluding ortho intramolecular Hbond substituents is 2. The summed E-state index contributed by atoms with van der Waals surface area (Å²) in [4.78, 5) is 0. The Morgan fingerprint density at radius 1 is 1.00 bits per heavy atom. The highest BCUT2D eigenvalue weighted by Gasteiger charge is 2.36. The Hall–Kier alpha value is -1.74. The van der Waals surface area contributed by atoms with E-state index in [2.05, 4.69) is 0 Å². The molecule has 0 radical (unpaired) electrons. The Kier molecular flexibility index (Phi) is 3.30. The largest absolute Gasteiger partial charge is 0.508 e. The van der Waals surface area contributed by atoms with Gasteiger partial charge < -0.3 is 15.9 Å². The van der Waals surface area contributed by atoms with Crippen LogP contribution in [0.5, 0.6) is 11.5 Å². The van der Waals surface area contributed by atoms with Crippen LogP contribution in [-0.2, 0) is 5.41 Å². The van der Waals surface area contributed by atoms with Crippen LogP contribution in [0.3, 0.4) is 0 Å². The Balaban J connectivity index is 2.27. The number of rotatable bonds is 2. The third-order valence-corrected chi connectivity index (χ3v) is 4.71. The molecule has 0 aromatic heterocycles. The second-order valence-corrected chi connectivity index (χ2v) is 5.91. The Labute approximate surface area is 119 Å². The molecule has 0 bridgehead atoms. The molecule has 0 amide bonds. The summed E-state index contributed by atoms with van der Waals surface area (Å²) in [7, 11) is 0. The number of fused-ring (bicyclic) bond motifs is 1. The standard InChI is InChI=1S/C17H21NO2/c18-11-17(8-2-1-3-9-17)16-14-10-13(19)6-4-12(14)5-7-15(16)20/h4-7,10,19-20H,1-3,8-9,11,18H2. The second kappa shape index (κ2) is 4.98. The molecule has 2 aromatic rings. The van der Waals surface area contributed by atoms with Crippen molar-refractivity contribution in [2.24, 2.45) is 5.73 Å². The Morgan fingerprint density at radius 2 is 1.70 bits per heavy atom. The lowest BCUT2D eigenvalue weighted by Gasteiger charge is -2.38. The number of phenols is 2. The van der Waals surface area contributed by atoms with E-state index in [1.165, 1.54) is 6.42 Å². The molecule has 0 aliphatic heterocycles. The molecule has 0 spiro atoms. The van der Waals surface area contributed by atoms with Crippen LogP contribution in [0.4, 0.5) is 0 Å². The molecule has 106 valence electrons. The highest BCUT2D eigenvalue weighted by molar-refractivity contribution is 5.90. The molecule has 1 aliphatic rings. The SMILES string of the molecule is NCC1(c2c(O)ccc3ccc(O)cc23)CCCCC1. The average molecular weight is 271 g/mol. The molecular formula is C17H21NO2. The minimum absolute atomic E-state index is 0.157. The van der Waals surface area contributed by atoms with Crippen molar-refractivity contribution < 1.29 is 10.2 Å². The lowest BCUT2D eigenvalue weighted by molar-refractivity contribution is 0.293. The van der Waals surface area contributed by atoms with E-state index in [0.717, 1.165) is 42.0 Å². The fraction of sp³-hybridized carbons (Fsp3) is 0.412. The van der Waals surface area contributed by atoms with Crippen LogP contribution in [-0.4, -0.2) is 16.8 Å². The quantitative estimate of drug-likeness (QED) is 0.784. The van der Waals surface area contributed by atoms with Crippen LogP contribution in [0.25, 0.3) is 10.8 Å². The second-order valence-electron chi connectivity index (χ2n) is 5.91. The molecule has 1 saturated carbocycles. The molecule has 1 fully saturated rings. The van der Waals surface area contributed by atoms with Crippen LogP contribution >= 0.6 is 0 Å². The lowest BCUT2D eigenvalue weighted by Crippen LogP contribution is -2.37. The van der Waals surface area contributed by atoms with Gasteiger partial charge >= 0.3 is 0 Å². The Morgan fingerprint density at radius 3 is 2.40 bits per heavy atom. The van der Waals surface area contributed by atoms with Crippen LogP contribution < -0.4 is 5.73 Å². The van der Waals surface area contributed by atoms with E-state index in [4.69, 9.17) is 5.73 Å². The molecule has 3 heteroatoms. The van der Waals surface area contributed by atoms with Gasteiger partial charge in [0.15, 0.2) is 0 Å². The first-order valence-electron chi connectivity index (χ1n) is 7.31. The normalized spacial score (nSPS) is 18.2. The van der Waals surface area contributed by atoms with Crippen LogP contribution in [0.1, 0.15) is 37.7 Å². The fourth-order valence-electron chi connectivity index (χ4n) is 3.64. The summed E-state index contributed by atoms with van der Waals surface area (Å²) in [5, 5.41) is 22.2. The van der Waals surface area contributed by atoms with Crippen LogP contribution in [0.15, 0.2) is 30.3 Å². The van der Waals surface area contributed by atoms with Gasteiger partial charge in [-0.2, -0.15) is 0 Å². The fourth-order valence-corrected chi connectivity index (χ4v) is 3.64. The lowest BCUT2D eigenvalue weighted by atomic mass is 9.68. The zero-order valence-corrected chi connectivity index (χ0v) is 11.6. The smallest absolute Gasteiger partial charge is 0.120 e. The van der Waals surface area contributed by atoms with E-state index in [0.29, 0.717) is 12.3 Å². The van der Waals surface area contributed by atoms with Gasteiger partial charge in [-0.05, 0) is 41.8 Å². The number of benzene rings is 2. The summed E-state index contributed by atoms with van der Waals surface area (Å²) in [5.74, 6) is 0.530. The topological polar surface area (TPSA) is 66.5 Å². The monoisotopic (exact) mass is 271 g/mol. The van der Waals surface area contributed by atoms with E-state index in [1.807, 2.05) is 12.1 Å². The zero-order chi connectivity index (χ0) is 14.2. The molecule has 0 atom stereocenters. The van der Waals surface area contributed by atoms with Crippen molar-refractivity contribution in [1.82, 2.24) is 0 Å². The molecular weight excluding hydrogens is 250 g/mol. The van der Waals surface area contributed by atoms with Gasteiger partial charge in [0.2, 0.25) is 0 Å². The molecule has 3 rings (SSSR count). The maximum Gasteiger partial charge on any atom is 0.120 e. The van der Waals surface area contributed by atoms with Gasteiger partial charge in [0, 0.05) is 17.5 Å². The third-order valence-electron chi connectivity index (χ3n) is 4.71. The number of hydrogen-bond donors (Lipinski definition) is 3. The summed E-state index contributed by atoms with van der Waals surface area (Å²) in [6, 6.07) is 8.96. The first-order chi connectivity index (χ1) is 9.66. The summed E-state index contributed by atoms with van der Waals surface area (Å²) >= 11 is 0. The number of hydrogen-bond acceptors (Lipinski definition) is 3. The minimum atomic E-state index is -0.157. The highest BCUT2D eigenvalue weighted by atomic mass is 16.3. The third kappa shape index (κ3) is 2.02. The maximum atomic E-state index is 10.4. The van der Waals surface area contributed by atoms with Gasteiger partial charge in [-0.15, -0.1) is 0 Å². The van der Waals surface area contributed by atoms with E-state index in [9.17, 15) is 10.2 Å². The van der Waals surface area contributed by atoms with E-state index in [-0.39, 0.29) is 11.2 Å². The van der Waals surface area contributed by atoms with Crippen molar-refractivity contribution in [2.45, 2.75) is 37.5 Å². The molecule has 4 N–H and O–H groups in total. The van der Waals surface area contributed by atoms with E-state index < -0.39 is 0 Å². The van der Waals surface area contributed by atoms with Crippen molar-refractivity contribution in [3.63, 3.8) is 0 Å². The van der Waals surface area contributed by atoms with E-state index >= 15 is 0 Å². The first-order valence-corrected chi connectivity index (χ1v) is 7.31. The Bertz CT molecular complexity index is 625. The van der Waals surface area contributed by atoms with Crippen molar-refractivity contribution in [3.8, 4) is 11.5 Å². The minimum Gasteiger partial charge on any atom is -0.508 e. The van der Waals surface area contributed by atoms with Gasteiger partial charge in [-0.3, -0.25) is 0 Å². The van der Waals surface area contributed by atoms with Crippen molar-refractivity contribution in [3.05, 3.63) is 35.9 Å². The number of aromatic hydroxyl groups is 2. The zero-order valence-electron chi connectivity index (χ0n) is 11.6. The maximum absolute atomic E-state index is 10.4. The van der Waals surface area contributed by atoms with Crippen molar-refractivity contribution >= 4 is 10.8 Å². The van der Waals surface area contributed by atoms with Gasteiger partial charge in [0.25, 0.3) is 0 Å². The van der Waals surface area contributed by atoms with Gasteiger partial charge in [-0.25, -0.2) is 0 Å². The average Bonchev–Trinajstić information content (AvgIpc) is 2.47. The molecule has 3 nitrogen and oxygen atoms in total. The highest BCUT2D eigenvalue weighted by Crippen LogP contribution is 2.46.